The van der Waals surface area contributed by atoms with Crippen molar-refractivity contribution in [1.82, 2.24) is 14.7 Å². The van der Waals surface area contributed by atoms with Crippen LogP contribution in [0.1, 0.15) is 26.7 Å². The van der Waals surface area contributed by atoms with Gasteiger partial charge in [0, 0.05) is 38.1 Å². The molecule has 0 aromatic carbocycles. The van der Waals surface area contributed by atoms with Crippen LogP contribution >= 0.6 is 0 Å². The van der Waals surface area contributed by atoms with Gasteiger partial charge in [0.1, 0.15) is 0 Å². The average Bonchev–Trinajstić information content (AvgIpc) is 2.39. The minimum absolute atomic E-state index is 0.284. The number of amides is 1. The Bertz CT molecular complexity index is 277. The lowest BCUT2D eigenvalue weighted by Crippen LogP contribution is -2.52. The van der Waals surface area contributed by atoms with Gasteiger partial charge in [-0.25, -0.2) is 0 Å². The summed E-state index contributed by atoms with van der Waals surface area (Å²) in [5.74, 6) is 0.693. The molecule has 0 saturated carbocycles. The lowest BCUT2D eigenvalue weighted by molar-refractivity contribution is -0.139. The van der Waals surface area contributed by atoms with Crippen molar-refractivity contribution in [2.45, 2.75) is 32.7 Å². The van der Waals surface area contributed by atoms with Crippen LogP contribution < -0.4 is 0 Å². The molecule has 0 aromatic heterocycles. The zero-order valence-corrected chi connectivity index (χ0v) is 12.1. The van der Waals surface area contributed by atoms with Gasteiger partial charge >= 0.3 is 0 Å². The van der Waals surface area contributed by atoms with E-state index in [1.807, 2.05) is 0 Å². The molecule has 0 bridgehead atoms. The fourth-order valence-corrected chi connectivity index (χ4v) is 2.97. The van der Waals surface area contributed by atoms with Gasteiger partial charge in [0.15, 0.2) is 0 Å². The summed E-state index contributed by atoms with van der Waals surface area (Å²) in [6, 6.07) is 0.602. The van der Waals surface area contributed by atoms with E-state index in [0.717, 1.165) is 52.1 Å². The zero-order chi connectivity index (χ0) is 13.1. The molecule has 0 aliphatic carbocycles. The molecule has 2 rings (SSSR count). The number of hydrogen-bond acceptors (Lipinski definition) is 3. The highest BCUT2D eigenvalue weighted by molar-refractivity contribution is 5.79. The normalized spacial score (nSPS) is 24.8. The van der Waals surface area contributed by atoms with Gasteiger partial charge in [-0.2, -0.15) is 0 Å². The summed E-state index contributed by atoms with van der Waals surface area (Å²) in [5, 5.41) is 0. The maximum atomic E-state index is 12.4. The average molecular weight is 253 g/mol. The SMILES string of the molecule is CC(C)N1CCN(C(=O)C2CCN(C)CC2)CC1. The van der Waals surface area contributed by atoms with E-state index >= 15 is 0 Å². The van der Waals surface area contributed by atoms with Crippen molar-refractivity contribution >= 4 is 5.91 Å². The minimum Gasteiger partial charge on any atom is -0.340 e. The Kier molecular flexibility index (Phi) is 4.62. The number of piperidine rings is 1. The minimum atomic E-state index is 0.284. The lowest BCUT2D eigenvalue weighted by atomic mass is 9.95. The standard InChI is InChI=1S/C14H27N3O/c1-12(2)16-8-10-17(11-9-16)14(18)13-4-6-15(3)7-5-13/h12-13H,4-11H2,1-3H3. The number of piperazine rings is 1. The van der Waals surface area contributed by atoms with Crippen LogP contribution in [-0.2, 0) is 4.79 Å². The summed E-state index contributed by atoms with van der Waals surface area (Å²) in [6.07, 6.45) is 2.08. The van der Waals surface area contributed by atoms with Crippen molar-refractivity contribution < 1.29 is 4.79 Å². The van der Waals surface area contributed by atoms with E-state index in [4.69, 9.17) is 0 Å². The van der Waals surface area contributed by atoms with Crippen molar-refractivity contribution in [3.63, 3.8) is 0 Å². The second-order valence-corrected chi connectivity index (χ2v) is 6.03. The molecular formula is C14H27N3O. The Morgan fingerprint density at radius 2 is 1.56 bits per heavy atom. The summed E-state index contributed by atoms with van der Waals surface area (Å²) >= 11 is 0. The number of nitrogens with zero attached hydrogens (tertiary/aromatic N) is 3. The van der Waals surface area contributed by atoms with Crippen molar-refractivity contribution in [2.24, 2.45) is 5.92 Å². The second-order valence-electron chi connectivity index (χ2n) is 6.03. The molecule has 4 nitrogen and oxygen atoms in total. The van der Waals surface area contributed by atoms with Crippen molar-refractivity contribution in [2.75, 3.05) is 46.3 Å². The van der Waals surface area contributed by atoms with Crippen molar-refractivity contribution in [3.05, 3.63) is 0 Å². The van der Waals surface area contributed by atoms with E-state index in [1.54, 1.807) is 0 Å². The zero-order valence-electron chi connectivity index (χ0n) is 12.1. The van der Waals surface area contributed by atoms with E-state index in [1.165, 1.54) is 0 Å². The Hall–Kier alpha value is -0.610. The summed E-state index contributed by atoms with van der Waals surface area (Å²) in [4.78, 5) is 19.3. The van der Waals surface area contributed by atoms with Gasteiger partial charge in [-0.15, -0.1) is 0 Å². The molecule has 0 unspecified atom stereocenters. The molecule has 0 spiro atoms. The largest absolute Gasteiger partial charge is 0.340 e. The highest BCUT2D eigenvalue weighted by Crippen LogP contribution is 2.19. The van der Waals surface area contributed by atoms with Gasteiger partial charge in [0.25, 0.3) is 0 Å². The maximum absolute atomic E-state index is 12.4. The van der Waals surface area contributed by atoms with Gasteiger partial charge in [-0.3, -0.25) is 9.69 Å². The number of likely N-dealkylation sites (tertiary alicyclic amines) is 1. The molecule has 2 saturated heterocycles. The summed E-state index contributed by atoms with van der Waals surface area (Å²) in [6.45, 7) is 10.5. The van der Waals surface area contributed by atoms with Crippen LogP contribution in [0.2, 0.25) is 0 Å². The number of hydrogen-bond donors (Lipinski definition) is 0. The molecule has 2 heterocycles. The summed E-state index contributed by atoms with van der Waals surface area (Å²) in [5.41, 5.74) is 0. The highest BCUT2D eigenvalue weighted by atomic mass is 16.2. The van der Waals surface area contributed by atoms with E-state index in [0.29, 0.717) is 11.9 Å². The van der Waals surface area contributed by atoms with Crippen LogP contribution in [0, 0.1) is 5.92 Å². The van der Waals surface area contributed by atoms with Crippen LogP contribution in [0.25, 0.3) is 0 Å². The van der Waals surface area contributed by atoms with Gasteiger partial charge in [0.2, 0.25) is 5.91 Å². The molecule has 2 aliphatic heterocycles. The van der Waals surface area contributed by atoms with Crippen molar-refractivity contribution in [3.8, 4) is 0 Å². The van der Waals surface area contributed by atoms with E-state index in [-0.39, 0.29) is 5.92 Å². The van der Waals surface area contributed by atoms with Crippen LogP contribution in [0.5, 0.6) is 0 Å². The van der Waals surface area contributed by atoms with E-state index < -0.39 is 0 Å². The smallest absolute Gasteiger partial charge is 0.225 e. The van der Waals surface area contributed by atoms with Crippen LogP contribution in [0.15, 0.2) is 0 Å². The fraction of sp³-hybridized carbons (Fsp3) is 0.929. The van der Waals surface area contributed by atoms with Crippen LogP contribution in [0.4, 0.5) is 0 Å². The molecule has 104 valence electrons. The summed E-state index contributed by atoms with van der Waals surface area (Å²) in [7, 11) is 2.14. The molecular weight excluding hydrogens is 226 g/mol. The van der Waals surface area contributed by atoms with Gasteiger partial charge in [0.05, 0.1) is 0 Å². The first-order valence-corrected chi connectivity index (χ1v) is 7.29. The topological polar surface area (TPSA) is 26.8 Å². The molecule has 1 amide bonds. The van der Waals surface area contributed by atoms with Crippen LogP contribution in [-0.4, -0.2) is 73.0 Å². The number of rotatable bonds is 2. The third-order valence-corrected chi connectivity index (χ3v) is 4.42. The third-order valence-electron chi connectivity index (χ3n) is 4.42. The Balaban J connectivity index is 1.80. The molecule has 0 N–H and O–H groups in total. The first-order valence-electron chi connectivity index (χ1n) is 7.29. The second kappa shape index (κ2) is 6.02. The molecule has 0 atom stereocenters. The maximum Gasteiger partial charge on any atom is 0.225 e. The third kappa shape index (κ3) is 3.23. The highest BCUT2D eigenvalue weighted by Gasteiger charge is 2.29. The Morgan fingerprint density at radius 1 is 1.00 bits per heavy atom. The molecule has 4 heteroatoms. The van der Waals surface area contributed by atoms with Gasteiger partial charge in [-0.05, 0) is 46.8 Å². The molecule has 0 radical (unpaired) electrons. The van der Waals surface area contributed by atoms with E-state index in [9.17, 15) is 4.79 Å². The summed E-state index contributed by atoms with van der Waals surface area (Å²) < 4.78 is 0. The first kappa shape index (κ1) is 13.8. The van der Waals surface area contributed by atoms with Gasteiger partial charge in [-0.1, -0.05) is 0 Å². The quantitative estimate of drug-likeness (QED) is 0.731. The number of carbonyl (C=O) groups excluding carboxylic acids is 1. The predicted molar refractivity (Wildman–Crippen MR) is 73.5 cm³/mol. The Morgan fingerprint density at radius 3 is 2.06 bits per heavy atom. The fourth-order valence-electron chi connectivity index (χ4n) is 2.97. The molecule has 2 fully saturated rings. The van der Waals surface area contributed by atoms with Crippen molar-refractivity contribution in [1.29, 1.82) is 0 Å². The molecule has 18 heavy (non-hydrogen) atoms. The predicted octanol–water partition coefficient (Wildman–Crippen LogP) is 0.881. The number of carbonyl (C=O) groups is 1. The molecule has 2 aliphatic rings. The van der Waals surface area contributed by atoms with Crippen LogP contribution in [0.3, 0.4) is 0 Å². The molecule has 0 aromatic rings. The first-order chi connectivity index (χ1) is 8.58. The van der Waals surface area contributed by atoms with E-state index in [2.05, 4.69) is 35.6 Å². The monoisotopic (exact) mass is 253 g/mol. The van der Waals surface area contributed by atoms with Gasteiger partial charge < -0.3 is 9.80 Å². The Labute approximate surface area is 111 Å². The lowest BCUT2D eigenvalue weighted by Gasteiger charge is -2.39.